The van der Waals surface area contributed by atoms with Gasteiger partial charge in [0.05, 0.1) is 26.1 Å². The Morgan fingerprint density at radius 3 is 2.76 bits per heavy atom. The van der Waals surface area contributed by atoms with Gasteiger partial charge in [0.25, 0.3) is 5.91 Å². The van der Waals surface area contributed by atoms with Crippen molar-refractivity contribution in [1.82, 2.24) is 9.80 Å². The molecule has 5 rings (SSSR count). The van der Waals surface area contributed by atoms with Gasteiger partial charge in [0.2, 0.25) is 5.91 Å². The topological polar surface area (TPSA) is 59.1 Å². The number of hydrogen-bond donors (Lipinski definition) is 0. The molecule has 3 saturated heterocycles. The molecule has 0 saturated carbocycles. The highest BCUT2D eigenvalue weighted by molar-refractivity contribution is 5.98. The molecule has 0 unspecified atom stereocenters. The van der Waals surface area contributed by atoms with E-state index in [2.05, 4.69) is 0 Å². The number of benzene rings is 2. The van der Waals surface area contributed by atoms with E-state index in [1.807, 2.05) is 30.3 Å². The molecule has 150 valence electrons. The standard InChI is InChI=1S/C22H21FN2O4/c1-28-16-9-5-8-15(23)20(16)21(27)24-11-10-22-18(24)12-19(26)25(22)13-17(29-22)14-6-3-2-4-7-14/h2-9,17-18H,10-13H2,1H3/t17-,18-,22+/m1/s1. The Morgan fingerprint density at radius 2 is 2.00 bits per heavy atom. The number of carbonyl (C=O) groups excluding carboxylic acids is 2. The van der Waals surface area contributed by atoms with Crippen molar-refractivity contribution in [2.45, 2.75) is 30.7 Å². The molecule has 29 heavy (non-hydrogen) atoms. The zero-order valence-electron chi connectivity index (χ0n) is 16.0. The lowest BCUT2D eigenvalue weighted by Crippen LogP contribution is -2.48. The molecular formula is C22H21FN2O4. The van der Waals surface area contributed by atoms with Gasteiger partial charge in [-0.2, -0.15) is 0 Å². The van der Waals surface area contributed by atoms with E-state index in [0.717, 1.165) is 5.56 Å². The molecule has 0 N–H and O–H groups in total. The van der Waals surface area contributed by atoms with Crippen LogP contribution in [0.5, 0.6) is 5.75 Å². The summed E-state index contributed by atoms with van der Waals surface area (Å²) < 4.78 is 26.1. The number of hydrogen-bond acceptors (Lipinski definition) is 4. The monoisotopic (exact) mass is 396 g/mol. The minimum Gasteiger partial charge on any atom is -0.496 e. The second kappa shape index (κ2) is 6.56. The van der Waals surface area contributed by atoms with Gasteiger partial charge in [0, 0.05) is 13.0 Å². The molecule has 7 heteroatoms. The van der Waals surface area contributed by atoms with Gasteiger partial charge in [-0.15, -0.1) is 0 Å². The van der Waals surface area contributed by atoms with Crippen LogP contribution in [0.3, 0.4) is 0 Å². The molecule has 2 amide bonds. The van der Waals surface area contributed by atoms with Gasteiger partial charge in [0.1, 0.15) is 23.2 Å². The van der Waals surface area contributed by atoms with Crippen molar-refractivity contribution in [2.24, 2.45) is 0 Å². The fourth-order valence-electron chi connectivity index (χ4n) is 4.93. The van der Waals surface area contributed by atoms with Gasteiger partial charge in [-0.05, 0) is 17.7 Å². The van der Waals surface area contributed by atoms with Gasteiger partial charge in [-0.1, -0.05) is 36.4 Å². The van der Waals surface area contributed by atoms with Crippen LogP contribution in [0.4, 0.5) is 4.39 Å². The van der Waals surface area contributed by atoms with Crippen molar-refractivity contribution in [1.29, 1.82) is 0 Å². The molecule has 0 bridgehead atoms. The van der Waals surface area contributed by atoms with Crippen LogP contribution in [-0.2, 0) is 9.53 Å². The molecular weight excluding hydrogens is 375 g/mol. The summed E-state index contributed by atoms with van der Waals surface area (Å²) in [5.74, 6) is -0.952. The summed E-state index contributed by atoms with van der Waals surface area (Å²) in [5, 5.41) is 0. The first-order valence-corrected chi connectivity index (χ1v) is 9.72. The zero-order chi connectivity index (χ0) is 20.2. The number of nitrogens with zero attached hydrogens (tertiary/aromatic N) is 2. The molecule has 1 spiro atoms. The van der Waals surface area contributed by atoms with Crippen molar-refractivity contribution in [3.05, 3.63) is 65.5 Å². The SMILES string of the molecule is COc1cccc(F)c1C(=O)N1CC[C@@]23O[C@@H](c4ccccc4)CN2C(=O)C[C@@H]13. The van der Waals surface area contributed by atoms with E-state index >= 15 is 0 Å². The van der Waals surface area contributed by atoms with E-state index in [1.165, 1.54) is 19.2 Å². The van der Waals surface area contributed by atoms with Gasteiger partial charge in [0.15, 0.2) is 5.72 Å². The van der Waals surface area contributed by atoms with Crippen LogP contribution in [0.25, 0.3) is 0 Å². The minimum atomic E-state index is -0.842. The van der Waals surface area contributed by atoms with Crippen molar-refractivity contribution in [3.8, 4) is 5.75 Å². The summed E-state index contributed by atoms with van der Waals surface area (Å²) >= 11 is 0. The predicted molar refractivity (Wildman–Crippen MR) is 102 cm³/mol. The Morgan fingerprint density at radius 1 is 1.21 bits per heavy atom. The van der Waals surface area contributed by atoms with Crippen molar-refractivity contribution >= 4 is 11.8 Å². The summed E-state index contributed by atoms with van der Waals surface area (Å²) in [4.78, 5) is 29.3. The van der Waals surface area contributed by atoms with Crippen LogP contribution in [-0.4, -0.2) is 53.6 Å². The Labute approximate surface area is 167 Å². The molecule has 2 aromatic rings. The average Bonchev–Trinajstić information content (AvgIpc) is 3.36. The van der Waals surface area contributed by atoms with Crippen LogP contribution in [0.2, 0.25) is 0 Å². The van der Waals surface area contributed by atoms with Crippen LogP contribution in [0.1, 0.15) is 34.9 Å². The maximum absolute atomic E-state index is 14.5. The molecule has 3 fully saturated rings. The van der Waals surface area contributed by atoms with Crippen molar-refractivity contribution in [2.75, 3.05) is 20.2 Å². The zero-order valence-corrected chi connectivity index (χ0v) is 16.0. The van der Waals surface area contributed by atoms with E-state index in [4.69, 9.17) is 9.47 Å². The highest BCUT2D eigenvalue weighted by atomic mass is 19.1. The van der Waals surface area contributed by atoms with Crippen LogP contribution in [0, 0.1) is 5.82 Å². The summed E-state index contributed by atoms with van der Waals surface area (Å²) in [7, 11) is 1.41. The number of rotatable bonds is 3. The smallest absolute Gasteiger partial charge is 0.261 e. The molecule has 3 heterocycles. The second-order valence-corrected chi connectivity index (χ2v) is 7.65. The maximum Gasteiger partial charge on any atom is 0.261 e. The lowest BCUT2D eigenvalue weighted by Gasteiger charge is -2.32. The fraction of sp³-hybridized carbons (Fsp3) is 0.364. The highest BCUT2D eigenvalue weighted by Gasteiger charge is 2.65. The summed E-state index contributed by atoms with van der Waals surface area (Å²) in [6, 6.07) is 13.6. The quantitative estimate of drug-likeness (QED) is 0.801. The normalized spacial score (nSPS) is 27.9. The first-order chi connectivity index (χ1) is 14.0. The summed E-state index contributed by atoms with van der Waals surface area (Å²) in [5.41, 5.74) is 0.0603. The van der Waals surface area contributed by atoms with Crippen LogP contribution in [0.15, 0.2) is 48.5 Å². The van der Waals surface area contributed by atoms with Gasteiger partial charge in [-0.25, -0.2) is 4.39 Å². The van der Waals surface area contributed by atoms with E-state index < -0.39 is 23.5 Å². The van der Waals surface area contributed by atoms with E-state index in [0.29, 0.717) is 19.5 Å². The fourth-order valence-corrected chi connectivity index (χ4v) is 4.93. The number of ether oxygens (including phenoxy) is 2. The Balaban J connectivity index is 1.47. The molecule has 3 aliphatic rings. The lowest BCUT2D eigenvalue weighted by molar-refractivity contribution is -0.138. The molecule has 3 aliphatic heterocycles. The van der Waals surface area contributed by atoms with E-state index in [9.17, 15) is 14.0 Å². The lowest BCUT2D eigenvalue weighted by atomic mass is 10.1. The summed E-state index contributed by atoms with van der Waals surface area (Å²) in [6.45, 7) is 0.858. The van der Waals surface area contributed by atoms with E-state index in [1.54, 1.807) is 15.9 Å². The number of carbonyl (C=O) groups is 2. The third-order valence-corrected chi connectivity index (χ3v) is 6.27. The molecule has 0 aliphatic carbocycles. The highest BCUT2D eigenvalue weighted by Crippen LogP contribution is 2.51. The third kappa shape index (κ3) is 2.57. The molecule has 0 aromatic heterocycles. The van der Waals surface area contributed by atoms with Gasteiger partial charge >= 0.3 is 0 Å². The molecule has 6 nitrogen and oxygen atoms in total. The van der Waals surface area contributed by atoms with Crippen LogP contribution < -0.4 is 4.74 Å². The minimum absolute atomic E-state index is 0.0357. The number of halogens is 1. The first-order valence-electron chi connectivity index (χ1n) is 9.72. The largest absolute Gasteiger partial charge is 0.496 e. The Bertz CT molecular complexity index is 982. The maximum atomic E-state index is 14.5. The molecule has 2 aromatic carbocycles. The van der Waals surface area contributed by atoms with Gasteiger partial charge < -0.3 is 19.3 Å². The Hall–Kier alpha value is -2.93. The van der Waals surface area contributed by atoms with Crippen molar-refractivity contribution < 1.29 is 23.5 Å². The predicted octanol–water partition coefficient (Wildman–Crippen LogP) is 2.75. The molecule has 3 atom stereocenters. The van der Waals surface area contributed by atoms with E-state index in [-0.39, 0.29) is 29.7 Å². The Kier molecular flexibility index (Phi) is 4.10. The summed E-state index contributed by atoms with van der Waals surface area (Å²) in [6.07, 6.45) is 0.459. The van der Waals surface area contributed by atoms with Gasteiger partial charge in [-0.3, -0.25) is 9.59 Å². The number of likely N-dealkylation sites (tertiary alicyclic amines) is 1. The van der Waals surface area contributed by atoms with Crippen molar-refractivity contribution in [3.63, 3.8) is 0 Å². The average molecular weight is 396 g/mol. The second-order valence-electron chi connectivity index (χ2n) is 7.65. The number of amides is 2. The molecule has 0 radical (unpaired) electrons. The van der Waals surface area contributed by atoms with Crippen LogP contribution >= 0.6 is 0 Å². The first kappa shape index (κ1) is 18.1. The number of methoxy groups -OCH3 is 1. The third-order valence-electron chi connectivity index (χ3n) is 6.27.